The minimum atomic E-state index is -0.551. The van der Waals surface area contributed by atoms with Crippen molar-refractivity contribution in [2.45, 2.75) is 45.3 Å². The highest BCUT2D eigenvalue weighted by atomic mass is 32.2. The highest BCUT2D eigenvalue weighted by molar-refractivity contribution is 7.98. The van der Waals surface area contributed by atoms with Crippen LogP contribution in [0.25, 0.3) is 0 Å². The van der Waals surface area contributed by atoms with Crippen molar-refractivity contribution in [3.05, 3.63) is 0 Å². The van der Waals surface area contributed by atoms with Crippen LogP contribution in [0.5, 0.6) is 0 Å². The van der Waals surface area contributed by atoms with Gasteiger partial charge in [0.15, 0.2) is 0 Å². The van der Waals surface area contributed by atoms with Crippen LogP contribution in [0.1, 0.15) is 27.2 Å². The number of carbonyl (C=O) groups is 2. The van der Waals surface area contributed by atoms with Gasteiger partial charge in [-0.2, -0.15) is 11.8 Å². The van der Waals surface area contributed by atoms with Gasteiger partial charge in [-0.3, -0.25) is 9.59 Å². The molecule has 5 nitrogen and oxygen atoms in total. The van der Waals surface area contributed by atoms with Crippen LogP contribution in [0.2, 0.25) is 0 Å². The lowest BCUT2D eigenvalue weighted by Gasteiger charge is -2.18. The molecule has 6 heteroatoms. The van der Waals surface area contributed by atoms with Crippen LogP contribution in [-0.2, 0) is 9.59 Å². The third kappa shape index (κ3) is 7.23. The second kappa shape index (κ2) is 8.36. The van der Waals surface area contributed by atoms with Gasteiger partial charge >= 0.3 is 0 Å². The molecule has 0 saturated carbocycles. The van der Waals surface area contributed by atoms with Crippen LogP contribution in [0.4, 0.5) is 0 Å². The van der Waals surface area contributed by atoms with Crippen LogP contribution >= 0.6 is 11.8 Å². The number of thioether (sulfide) groups is 1. The highest BCUT2D eigenvalue weighted by Gasteiger charge is 2.19. The molecule has 0 aromatic rings. The van der Waals surface area contributed by atoms with E-state index in [9.17, 15) is 9.59 Å². The fourth-order valence-electron chi connectivity index (χ4n) is 1.17. The van der Waals surface area contributed by atoms with Crippen molar-refractivity contribution in [1.29, 1.82) is 0 Å². The van der Waals surface area contributed by atoms with E-state index >= 15 is 0 Å². The average molecular weight is 261 g/mol. The molecule has 0 aromatic heterocycles. The SMILES string of the molecule is CSCC[C@@H](N)C(=O)NC(C)C(=O)NC(C)C. The zero-order chi connectivity index (χ0) is 13.4. The van der Waals surface area contributed by atoms with Crippen LogP contribution in [0.15, 0.2) is 0 Å². The van der Waals surface area contributed by atoms with Crippen molar-refractivity contribution in [1.82, 2.24) is 10.6 Å². The molecule has 0 heterocycles. The number of amides is 2. The molecule has 100 valence electrons. The molecule has 0 rings (SSSR count). The standard InChI is InChI=1S/C11H23N3O2S/c1-7(2)13-10(15)8(3)14-11(16)9(12)5-6-17-4/h7-9H,5-6,12H2,1-4H3,(H,13,15)(H,14,16)/t8?,9-/m1/s1. The molecule has 0 fully saturated rings. The number of carbonyl (C=O) groups excluding carboxylic acids is 2. The first kappa shape index (κ1) is 16.2. The van der Waals surface area contributed by atoms with Crippen LogP contribution in [0.3, 0.4) is 0 Å². The predicted molar refractivity (Wildman–Crippen MR) is 71.9 cm³/mol. The van der Waals surface area contributed by atoms with E-state index in [1.807, 2.05) is 20.1 Å². The molecule has 0 bridgehead atoms. The van der Waals surface area contributed by atoms with E-state index in [0.29, 0.717) is 6.42 Å². The van der Waals surface area contributed by atoms with Crippen LogP contribution in [0, 0.1) is 0 Å². The minimum absolute atomic E-state index is 0.0621. The smallest absolute Gasteiger partial charge is 0.242 e. The summed E-state index contributed by atoms with van der Waals surface area (Å²) in [6.07, 6.45) is 2.58. The Morgan fingerprint density at radius 2 is 1.76 bits per heavy atom. The second-order valence-corrected chi connectivity index (χ2v) is 5.27. The van der Waals surface area contributed by atoms with Gasteiger partial charge in [-0.1, -0.05) is 0 Å². The topological polar surface area (TPSA) is 84.2 Å². The Bertz CT molecular complexity index is 259. The van der Waals surface area contributed by atoms with E-state index in [4.69, 9.17) is 5.73 Å². The van der Waals surface area contributed by atoms with Gasteiger partial charge in [0.25, 0.3) is 0 Å². The number of rotatable bonds is 7. The zero-order valence-corrected chi connectivity index (χ0v) is 11.8. The first-order valence-corrected chi connectivity index (χ1v) is 7.13. The average Bonchev–Trinajstić information content (AvgIpc) is 2.24. The summed E-state index contributed by atoms with van der Waals surface area (Å²) in [5, 5.41) is 5.34. The predicted octanol–water partition coefficient (Wildman–Crippen LogP) is 0.0961. The fourth-order valence-corrected chi connectivity index (χ4v) is 1.66. The number of hydrogen-bond donors (Lipinski definition) is 3. The molecular formula is C11H23N3O2S. The molecule has 0 aromatic carbocycles. The molecule has 0 aliphatic carbocycles. The quantitative estimate of drug-likeness (QED) is 0.607. The van der Waals surface area contributed by atoms with Crippen LogP contribution in [-0.4, -0.2) is 41.9 Å². The lowest BCUT2D eigenvalue weighted by molar-refractivity contribution is -0.129. The Morgan fingerprint density at radius 1 is 1.18 bits per heavy atom. The van der Waals surface area contributed by atoms with Crippen molar-refractivity contribution in [3.63, 3.8) is 0 Å². The Morgan fingerprint density at radius 3 is 2.24 bits per heavy atom. The molecule has 0 saturated heterocycles. The summed E-state index contributed by atoms with van der Waals surface area (Å²) in [5.74, 6) is 0.372. The van der Waals surface area contributed by atoms with E-state index in [1.165, 1.54) is 0 Å². The Labute approximate surface area is 107 Å². The maximum absolute atomic E-state index is 11.6. The first-order chi connectivity index (χ1) is 7.88. The van der Waals surface area contributed by atoms with Gasteiger partial charge in [0.1, 0.15) is 6.04 Å². The van der Waals surface area contributed by atoms with E-state index in [1.54, 1.807) is 18.7 Å². The van der Waals surface area contributed by atoms with Gasteiger partial charge in [-0.25, -0.2) is 0 Å². The maximum Gasteiger partial charge on any atom is 0.242 e. The van der Waals surface area contributed by atoms with Gasteiger partial charge in [0.2, 0.25) is 11.8 Å². The van der Waals surface area contributed by atoms with Gasteiger partial charge in [-0.15, -0.1) is 0 Å². The summed E-state index contributed by atoms with van der Waals surface area (Å²) in [4.78, 5) is 23.2. The molecule has 0 aliphatic rings. The Balaban J connectivity index is 4.05. The second-order valence-electron chi connectivity index (χ2n) is 4.28. The van der Waals surface area contributed by atoms with E-state index in [-0.39, 0.29) is 17.9 Å². The summed E-state index contributed by atoms with van der Waals surface area (Å²) in [6.45, 7) is 5.39. The number of nitrogens with two attached hydrogens (primary N) is 1. The van der Waals surface area contributed by atoms with E-state index in [2.05, 4.69) is 10.6 Å². The zero-order valence-electron chi connectivity index (χ0n) is 10.9. The summed E-state index contributed by atoms with van der Waals surface area (Å²) in [6, 6.07) is -1.03. The molecule has 17 heavy (non-hydrogen) atoms. The third-order valence-electron chi connectivity index (χ3n) is 2.15. The van der Waals surface area contributed by atoms with E-state index < -0.39 is 12.1 Å². The monoisotopic (exact) mass is 261 g/mol. The molecular weight excluding hydrogens is 238 g/mol. The first-order valence-electron chi connectivity index (χ1n) is 5.73. The molecule has 2 amide bonds. The van der Waals surface area contributed by atoms with Gasteiger partial charge in [-0.05, 0) is 39.2 Å². The Hall–Kier alpha value is -0.750. The summed E-state index contributed by atoms with van der Waals surface area (Å²) in [7, 11) is 0. The van der Waals surface area contributed by atoms with Gasteiger partial charge in [0.05, 0.1) is 6.04 Å². The van der Waals surface area contributed by atoms with Gasteiger partial charge < -0.3 is 16.4 Å². The van der Waals surface area contributed by atoms with Crippen molar-refractivity contribution in [2.24, 2.45) is 5.73 Å². The van der Waals surface area contributed by atoms with Crippen LogP contribution < -0.4 is 16.4 Å². The lowest BCUT2D eigenvalue weighted by atomic mass is 10.2. The Kier molecular flexibility index (Phi) is 7.99. The maximum atomic E-state index is 11.6. The number of nitrogens with one attached hydrogen (secondary N) is 2. The van der Waals surface area contributed by atoms with Crippen molar-refractivity contribution >= 4 is 23.6 Å². The third-order valence-corrected chi connectivity index (χ3v) is 2.80. The largest absolute Gasteiger partial charge is 0.352 e. The van der Waals surface area contributed by atoms with E-state index in [0.717, 1.165) is 5.75 Å². The molecule has 0 radical (unpaired) electrons. The molecule has 1 unspecified atom stereocenters. The molecule has 0 spiro atoms. The van der Waals surface area contributed by atoms with Crippen molar-refractivity contribution in [2.75, 3.05) is 12.0 Å². The fraction of sp³-hybridized carbons (Fsp3) is 0.818. The summed E-state index contributed by atoms with van der Waals surface area (Å²) >= 11 is 1.64. The summed E-state index contributed by atoms with van der Waals surface area (Å²) < 4.78 is 0. The summed E-state index contributed by atoms with van der Waals surface area (Å²) in [5.41, 5.74) is 5.70. The molecule has 4 N–H and O–H groups in total. The lowest BCUT2D eigenvalue weighted by Crippen LogP contribution is -2.51. The van der Waals surface area contributed by atoms with Crippen molar-refractivity contribution < 1.29 is 9.59 Å². The normalized spacial score (nSPS) is 14.2. The molecule has 0 aliphatic heterocycles. The molecule has 2 atom stereocenters. The van der Waals surface area contributed by atoms with Crippen molar-refractivity contribution in [3.8, 4) is 0 Å². The highest BCUT2D eigenvalue weighted by Crippen LogP contribution is 1.99. The van der Waals surface area contributed by atoms with Gasteiger partial charge in [0, 0.05) is 6.04 Å². The number of hydrogen-bond acceptors (Lipinski definition) is 4. The minimum Gasteiger partial charge on any atom is -0.352 e.